The van der Waals surface area contributed by atoms with E-state index < -0.39 is 13.7 Å². The van der Waals surface area contributed by atoms with Crippen LogP contribution in [-0.4, -0.2) is 16.3 Å². The molecule has 0 rings (SSSR count). The normalized spacial score (nSPS) is 13.1. The van der Waals surface area contributed by atoms with Crippen molar-refractivity contribution < 1.29 is 45.2 Å². The monoisotopic (exact) mass is 201 g/mol. The zero-order valence-corrected chi connectivity index (χ0v) is 10.8. The molecule has 0 fully saturated rings. The summed E-state index contributed by atoms with van der Waals surface area (Å²) < 4.78 is 10.6. The molecule has 0 aromatic rings. The first-order valence-electron chi connectivity index (χ1n) is 3.75. The van der Waals surface area contributed by atoms with Gasteiger partial charge in [0.15, 0.2) is 5.78 Å². The predicted octanol–water partition coefficient (Wildman–Crippen LogP) is -1.01. The summed E-state index contributed by atoms with van der Waals surface area (Å²) >= 11 is 0. The Morgan fingerprint density at radius 1 is 1.67 bits per heavy atom. The second-order valence-electron chi connectivity index (χ2n) is 2.57. The maximum Gasteiger partial charge on any atom is 1.00 e. The quantitative estimate of drug-likeness (QED) is 0.458. The van der Waals surface area contributed by atoms with Crippen molar-refractivity contribution >= 4 is 13.8 Å². The largest absolute Gasteiger partial charge is 1.00 e. The van der Waals surface area contributed by atoms with Gasteiger partial charge in [-0.05, 0) is 17.9 Å². The Bertz CT molecular complexity index is 152. The Morgan fingerprint density at radius 2 is 2.17 bits per heavy atom. The molecule has 0 heterocycles. The number of ketones is 1. The van der Waals surface area contributed by atoms with Crippen molar-refractivity contribution in [3.8, 4) is 0 Å². The number of rotatable bonds is 5. The summed E-state index contributed by atoms with van der Waals surface area (Å²) in [5, 5.41) is 0. The molecule has 0 radical (unpaired) electrons. The number of hydrogen-bond donors (Lipinski definition) is 1. The molecule has 0 aliphatic heterocycles. The van der Waals surface area contributed by atoms with Crippen molar-refractivity contribution in [2.24, 2.45) is 0 Å². The molecule has 0 aliphatic carbocycles. The summed E-state index contributed by atoms with van der Waals surface area (Å²) in [7, 11) is -2.31. The Hall–Kier alpha value is 0.730. The summed E-state index contributed by atoms with van der Waals surface area (Å²) in [6.07, 6.45) is 2.33. The molecule has 2 unspecified atom stereocenters. The van der Waals surface area contributed by atoms with E-state index in [-0.39, 0.29) is 36.8 Å². The van der Waals surface area contributed by atoms with Gasteiger partial charge in [0.2, 0.25) is 5.66 Å². The van der Waals surface area contributed by atoms with E-state index in [1.807, 2.05) is 6.92 Å². The van der Waals surface area contributed by atoms with Crippen molar-refractivity contribution in [2.75, 3.05) is 0 Å². The summed E-state index contributed by atoms with van der Waals surface area (Å²) in [4.78, 5) is 19.4. The van der Waals surface area contributed by atoms with E-state index in [4.69, 9.17) is 4.89 Å². The van der Waals surface area contributed by atoms with Gasteiger partial charge in [0.1, 0.15) is 0 Å². The van der Waals surface area contributed by atoms with Crippen LogP contribution in [0.2, 0.25) is 0 Å². The zero-order valence-electron chi connectivity index (χ0n) is 8.91. The summed E-state index contributed by atoms with van der Waals surface area (Å²) in [5.74, 6) is -0.179. The Kier molecular flexibility index (Phi) is 10.6. The molecule has 66 valence electrons. The van der Waals surface area contributed by atoms with Gasteiger partial charge in [0.25, 0.3) is 0 Å². The van der Waals surface area contributed by atoms with Crippen molar-refractivity contribution in [1.82, 2.24) is 0 Å². The van der Waals surface area contributed by atoms with Gasteiger partial charge in [-0.2, -0.15) is 4.89 Å². The fourth-order valence-electron chi connectivity index (χ4n) is 0.867. The van der Waals surface area contributed by atoms with Crippen molar-refractivity contribution in [3.63, 3.8) is 0 Å². The minimum atomic E-state index is -2.31. The molecule has 0 amide bonds. The van der Waals surface area contributed by atoms with Gasteiger partial charge in [-0.3, -0.25) is 4.79 Å². The van der Waals surface area contributed by atoms with Gasteiger partial charge in [0, 0.05) is 6.42 Å². The molecule has 0 aromatic carbocycles. The molecule has 0 aromatic heterocycles. The average Bonchev–Trinajstić information content (AvgIpc) is 1.87. The van der Waals surface area contributed by atoms with Gasteiger partial charge in [0.05, 0.1) is 0 Å². The van der Waals surface area contributed by atoms with Crippen molar-refractivity contribution in [2.45, 2.75) is 38.8 Å². The Balaban J connectivity index is -0.000000500. The third-order valence-corrected chi connectivity index (χ3v) is 2.72. The van der Waals surface area contributed by atoms with Crippen LogP contribution in [0.3, 0.4) is 0 Å². The van der Waals surface area contributed by atoms with Gasteiger partial charge < -0.3 is 1.43 Å². The predicted molar refractivity (Wildman–Crippen MR) is 44.9 cm³/mol. The standard InChI is InChI=1S/C7H13O3P.Na.H/c1-3-4-5-7(6(2)8)11(9)10;;/h7H,3-5H2,1-2H3;;/q;+1;-1/p+1. The van der Waals surface area contributed by atoms with Gasteiger partial charge in [-0.15, -0.1) is 0 Å². The Labute approximate surface area is 97.6 Å². The van der Waals surface area contributed by atoms with Crippen LogP contribution in [-0.2, 0) is 9.36 Å². The maximum absolute atomic E-state index is 10.7. The maximum atomic E-state index is 10.7. The summed E-state index contributed by atoms with van der Waals surface area (Å²) in [6.45, 7) is 3.35. The summed E-state index contributed by atoms with van der Waals surface area (Å²) in [6, 6.07) is 0. The van der Waals surface area contributed by atoms with Crippen LogP contribution in [0.25, 0.3) is 0 Å². The summed E-state index contributed by atoms with van der Waals surface area (Å²) in [5.41, 5.74) is -0.634. The molecule has 3 nitrogen and oxygen atoms in total. The Morgan fingerprint density at radius 3 is 2.42 bits per heavy atom. The number of hydrogen-bond acceptors (Lipinski definition) is 2. The molecular weight excluding hydrogens is 186 g/mol. The number of unbranched alkanes of at least 4 members (excludes halogenated alkanes) is 1. The third-order valence-electron chi connectivity index (χ3n) is 1.57. The van der Waals surface area contributed by atoms with Crippen LogP contribution in [0.5, 0.6) is 0 Å². The van der Waals surface area contributed by atoms with Crippen LogP contribution >= 0.6 is 8.03 Å². The molecule has 0 saturated carbocycles. The number of Topliss-reactive ketones (excluding diaryl/α,β-unsaturated/α-hetero) is 1. The number of carbonyl (C=O) groups excluding carboxylic acids is 1. The SMILES string of the molecule is CCCCC(C(C)=O)[P+](=O)O.[H-].[Na+]. The first-order chi connectivity index (χ1) is 5.09. The van der Waals surface area contributed by atoms with Crippen LogP contribution in [0.15, 0.2) is 0 Å². The van der Waals surface area contributed by atoms with Crippen LogP contribution in [0, 0.1) is 0 Å². The molecule has 12 heavy (non-hydrogen) atoms. The molecule has 0 aliphatic rings. The fraction of sp³-hybridized carbons (Fsp3) is 0.857. The van der Waals surface area contributed by atoms with E-state index in [1.54, 1.807) is 0 Å². The van der Waals surface area contributed by atoms with E-state index in [0.29, 0.717) is 6.42 Å². The van der Waals surface area contributed by atoms with Crippen LogP contribution in [0.4, 0.5) is 0 Å². The molecule has 2 atom stereocenters. The second kappa shape index (κ2) is 8.33. The fourth-order valence-corrected chi connectivity index (χ4v) is 1.58. The van der Waals surface area contributed by atoms with Crippen LogP contribution in [0.1, 0.15) is 34.5 Å². The second-order valence-corrected chi connectivity index (χ2v) is 3.80. The average molecular weight is 201 g/mol. The molecule has 1 N–H and O–H groups in total. The topological polar surface area (TPSA) is 54.4 Å². The molecule has 0 saturated heterocycles. The smallest absolute Gasteiger partial charge is 1.00 e. The van der Waals surface area contributed by atoms with E-state index in [1.165, 1.54) is 6.92 Å². The molecule has 0 bridgehead atoms. The molecule has 5 heteroatoms. The first-order valence-corrected chi connectivity index (χ1v) is 5.03. The minimum absolute atomic E-state index is 0. The van der Waals surface area contributed by atoms with Gasteiger partial charge in [-0.1, -0.05) is 13.3 Å². The van der Waals surface area contributed by atoms with Gasteiger partial charge in [-0.25, -0.2) is 0 Å². The third kappa shape index (κ3) is 6.27. The van der Waals surface area contributed by atoms with Crippen LogP contribution < -0.4 is 29.6 Å². The number of carbonyl (C=O) groups is 1. The van der Waals surface area contributed by atoms with Crippen molar-refractivity contribution in [1.29, 1.82) is 0 Å². The minimum Gasteiger partial charge on any atom is -1.00 e. The van der Waals surface area contributed by atoms with E-state index >= 15 is 0 Å². The zero-order chi connectivity index (χ0) is 8.85. The van der Waals surface area contributed by atoms with E-state index in [2.05, 4.69) is 0 Å². The molecular formula is C7H15NaO3P+. The molecule has 0 spiro atoms. The van der Waals surface area contributed by atoms with E-state index in [0.717, 1.165) is 12.8 Å². The van der Waals surface area contributed by atoms with E-state index in [9.17, 15) is 9.36 Å². The van der Waals surface area contributed by atoms with Gasteiger partial charge >= 0.3 is 37.6 Å². The van der Waals surface area contributed by atoms with Crippen molar-refractivity contribution in [3.05, 3.63) is 0 Å². The first kappa shape index (κ1) is 15.2.